The molecule has 0 N–H and O–H groups in total. The predicted octanol–water partition coefficient (Wildman–Crippen LogP) is 2.23. The number of carbonyl (C=O) groups excluding carboxylic acids is 1. The molecule has 0 aromatic rings. The Morgan fingerprint density at radius 2 is 1.92 bits per heavy atom. The van der Waals surface area contributed by atoms with Gasteiger partial charge in [-0.25, -0.2) is 4.79 Å². The lowest BCUT2D eigenvalue weighted by atomic mass is 10.3. The average Bonchev–Trinajstić information content (AvgIpc) is 1.81. The van der Waals surface area contributed by atoms with Crippen LogP contribution in [0.25, 0.3) is 0 Å². The summed E-state index contributed by atoms with van der Waals surface area (Å²) >= 11 is 0. The van der Waals surface area contributed by atoms with E-state index in [2.05, 4.69) is 0 Å². The van der Waals surface area contributed by atoms with Crippen molar-refractivity contribution in [1.82, 2.24) is 0 Å². The maximum Gasteiger partial charge on any atom is 0.395 e. The molecule has 76 valence electrons. The largest absolute Gasteiger partial charge is 0.491 e. The van der Waals surface area contributed by atoms with Gasteiger partial charge in [-0.05, 0) is 33.9 Å². The van der Waals surface area contributed by atoms with E-state index < -0.39 is 8.56 Å². The van der Waals surface area contributed by atoms with E-state index in [1.807, 2.05) is 33.9 Å². The van der Waals surface area contributed by atoms with Crippen LogP contribution in [0, 0.1) is 0 Å². The van der Waals surface area contributed by atoms with Crippen LogP contribution in [0.3, 0.4) is 0 Å². The Hall–Kier alpha value is -0.613. The number of rotatable bonds is 4. The highest BCUT2D eigenvalue weighted by Crippen LogP contribution is 2.07. The first-order valence-corrected chi connectivity index (χ1v) is 7.21. The zero-order chi connectivity index (χ0) is 10.5. The van der Waals surface area contributed by atoms with Crippen LogP contribution in [-0.2, 0) is 13.6 Å². The molecule has 4 heteroatoms. The molecule has 0 saturated carbocycles. The molecule has 3 nitrogen and oxygen atoms in total. The van der Waals surface area contributed by atoms with Crippen molar-refractivity contribution in [3.8, 4) is 0 Å². The van der Waals surface area contributed by atoms with E-state index in [0.717, 1.165) is 5.57 Å². The van der Waals surface area contributed by atoms with Crippen LogP contribution in [0.5, 0.6) is 0 Å². The molecule has 0 aliphatic carbocycles. The SMILES string of the molecule is CCO[Si](C)(C)OC(=O)C=C(C)C. The molecule has 0 bridgehead atoms. The average molecular weight is 202 g/mol. The first-order valence-electron chi connectivity index (χ1n) is 4.39. The lowest BCUT2D eigenvalue weighted by molar-refractivity contribution is -0.131. The number of allylic oxidation sites excluding steroid dienone is 1. The molecule has 13 heavy (non-hydrogen) atoms. The number of hydrogen-bond donors (Lipinski definition) is 0. The molecule has 0 aromatic carbocycles. The summed E-state index contributed by atoms with van der Waals surface area (Å²) in [5.74, 6) is -0.301. The van der Waals surface area contributed by atoms with E-state index in [9.17, 15) is 4.79 Å². The molecule has 0 spiro atoms. The maximum atomic E-state index is 11.2. The van der Waals surface area contributed by atoms with Gasteiger partial charge in [0.05, 0.1) is 0 Å². The van der Waals surface area contributed by atoms with Gasteiger partial charge in [0.15, 0.2) is 0 Å². The molecule has 0 amide bonds. The Kier molecular flexibility index (Phi) is 4.94. The van der Waals surface area contributed by atoms with Gasteiger partial charge in [-0.15, -0.1) is 0 Å². The van der Waals surface area contributed by atoms with Crippen molar-refractivity contribution < 1.29 is 13.6 Å². The molecule has 0 saturated heterocycles. The van der Waals surface area contributed by atoms with Gasteiger partial charge in [-0.1, -0.05) is 5.57 Å². The molecular weight excluding hydrogens is 184 g/mol. The fourth-order valence-corrected chi connectivity index (χ4v) is 2.18. The highest BCUT2D eigenvalue weighted by atomic mass is 28.4. The number of carbonyl (C=O) groups is 1. The summed E-state index contributed by atoms with van der Waals surface area (Å²) in [6.45, 7) is 9.90. The molecule has 0 radical (unpaired) electrons. The fraction of sp³-hybridized carbons (Fsp3) is 0.667. The first-order chi connectivity index (χ1) is 5.87. The third-order valence-corrected chi connectivity index (χ3v) is 2.92. The second kappa shape index (κ2) is 5.19. The third-order valence-electron chi connectivity index (χ3n) is 1.24. The topological polar surface area (TPSA) is 35.5 Å². The minimum absolute atomic E-state index is 0.301. The lowest BCUT2D eigenvalue weighted by Crippen LogP contribution is -2.36. The van der Waals surface area contributed by atoms with Gasteiger partial charge in [0, 0.05) is 12.7 Å². The van der Waals surface area contributed by atoms with Gasteiger partial charge in [-0.3, -0.25) is 0 Å². The van der Waals surface area contributed by atoms with Crippen LogP contribution in [0.2, 0.25) is 13.1 Å². The fourth-order valence-electron chi connectivity index (χ4n) is 0.884. The van der Waals surface area contributed by atoms with Gasteiger partial charge in [0.1, 0.15) is 0 Å². The van der Waals surface area contributed by atoms with Crippen molar-refractivity contribution in [3.63, 3.8) is 0 Å². The molecular formula is C9H18O3Si. The predicted molar refractivity (Wildman–Crippen MR) is 54.6 cm³/mol. The molecule has 0 fully saturated rings. The van der Waals surface area contributed by atoms with Crippen LogP contribution < -0.4 is 0 Å². The van der Waals surface area contributed by atoms with Gasteiger partial charge in [0.25, 0.3) is 0 Å². The normalized spacial score (nSPS) is 10.8. The van der Waals surface area contributed by atoms with Crippen molar-refractivity contribution in [2.45, 2.75) is 33.9 Å². The molecule has 0 unspecified atom stereocenters. The van der Waals surface area contributed by atoms with Crippen molar-refractivity contribution in [3.05, 3.63) is 11.6 Å². The Labute approximate surface area is 81.0 Å². The second-order valence-corrected chi connectivity index (χ2v) is 6.77. The highest BCUT2D eigenvalue weighted by molar-refractivity contribution is 6.66. The van der Waals surface area contributed by atoms with Crippen molar-refractivity contribution in [1.29, 1.82) is 0 Å². The first kappa shape index (κ1) is 12.4. The molecule has 0 rings (SSSR count). The van der Waals surface area contributed by atoms with E-state index in [0.29, 0.717) is 6.61 Å². The van der Waals surface area contributed by atoms with E-state index >= 15 is 0 Å². The van der Waals surface area contributed by atoms with Crippen molar-refractivity contribution in [2.75, 3.05) is 6.61 Å². The van der Waals surface area contributed by atoms with Crippen molar-refractivity contribution in [2.24, 2.45) is 0 Å². The lowest BCUT2D eigenvalue weighted by Gasteiger charge is -2.20. The quantitative estimate of drug-likeness (QED) is 0.518. The van der Waals surface area contributed by atoms with Gasteiger partial charge in [0.2, 0.25) is 0 Å². The van der Waals surface area contributed by atoms with Crippen LogP contribution >= 0.6 is 0 Å². The summed E-state index contributed by atoms with van der Waals surface area (Å²) in [5.41, 5.74) is 0.936. The summed E-state index contributed by atoms with van der Waals surface area (Å²) < 4.78 is 10.5. The van der Waals surface area contributed by atoms with Gasteiger partial charge < -0.3 is 8.85 Å². The minimum Gasteiger partial charge on any atom is -0.491 e. The van der Waals surface area contributed by atoms with Crippen LogP contribution in [-0.4, -0.2) is 21.1 Å². The smallest absolute Gasteiger partial charge is 0.395 e. The monoisotopic (exact) mass is 202 g/mol. The molecule has 0 aliphatic rings. The second-order valence-electron chi connectivity index (χ2n) is 3.48. The van der Waals surface area contributed by atoms with Gasteiger partial charge >= 0.3 is 14.5 Å². The number of hydrogen-bond acceptors (Lipinski definition) is 3. The summed E-state index contributed by atoms with van der Waals surface area (Å²) in [6, 6.07) is 0. The Morgan fingerprint density at radius 1 is 1.38 bits per heavy atom. The van der Waals surface area contributed by atoms with Crippen molar-refractivity contribution >= 4 is 14.5 Å². The van der Waals surface area contributed by atoms with Gasteiger partial charge in [-0.2, -0.15) is 0 Å². The van der Waals surface area contributed by atoms with Crippen LogP contribution in [0.4, 0.5) is 0 Å². The van der Waals surface area contributed by atoms with E-state index in [1.54, 1.807) is 0 Å². The minimum atomic E-state index is -2.23. The maximum absolute atomic E-state index is 11.2. The standard InChI is InChI=1S/C9H18O3Si/c1-6-11-13(4,5)12-9(10)7-8(2)3/h7H,6H2,1-5H3. The zero-order valence-electron chi connectivity index (χ0n) is 9.01. The zero-order valence-corrected chi connectivity index (χ0v) is 10.0. The Morgan fingerprint density at radius 3 is 2.31 bits per heavy atom. The van der Waals surface area contributed by atoms with E-state index in [1.165, 1.54) is 6.08 Å². The Bertz CT molecular complexity index is 205. The molecule has 0 atom stereocenters. The molecule has 0 heterocycles. The summed E-state index contributed by atoms with van der Waals surface area (Å²) in [7, 11) is -2.23. The summed E-state index contributed by atoms with van der Waals surface area (Å²) in [5, 5.41) is 0. The summed E-state index contributed by atoms with van der Waals surface area (Å²) in [6.07, 6.45) is 1.48. The molecule has 0 aliphatic heterocycles. The van der Waals surface area contributed by atoms with Crippen LogP contribution in [0.15, 0.2) is 11.6 Å². The molecule has 0 aromatic heterocycles. The Balaban J connectivity index is 4.12. The third kappa shape index (κ3) is 6.54. The summed E-state index contributed by atoms with van der Waals surface area (Å²) in [4.78, 5) is 11.2. The van der Waals surface area contributed by atoms with E-state index in [4.69, 9.17) is 8.85 Å². The highest BCUT2D eigenvalue weighted by Gasteiger charge is 2.27. The van der Waals surface area contributed by atoms with E-state index in [-0.39, 0.29) is 5.97 Å². The van der Waals surface area contributed by atoms with Crippen LogP contribution in [0.1, 0.15) is 20.8 Å².